The van der Waals surface area contributed by atoms with Gasteiger partial charge in [0.25, 0.3) is 5.91 Å². The summed E-state index contributed by atoms with van der Waals surface area (Å²) in [7, 11) is -1.99. The molecule has 1 N–H and O–H groups in total. The van der Waals surface area contributed by atoms with Crippen molar-refractivity contribution in [3.05, 3.63) is 45.8 Å². The number of thiophene rings is 1. The topological polar surface area (TPSA) is 96.0 Å². The van der Waals surface area contributed by atoms with Crippen molar-refractivity contribution in [3.8, 4) is 0 Å². The number of amides is 1. The van der Waals surface area contributed by atoms with Crippen LogP contribution >= 0.6 is 11.3 Å². The molecule has 1 aromatic heterocycles. The number of nitrogens with one attached hydrogen (secondary N) is 1. The number of carbonyl (C=O) groups excluding carboxylic acids is 2. The van der Waals surface area contributed by atoms with Crippen molar-refractivity contribution < 1.29 is 22.7 Å². The van der Waals surface area contributed by atoms with Crippen molar-refractivity contribution in [3.63, 3.8) is 0 Å². The van der Waals surface area contributed by atoms with Gasteiger partial charge in [0.15, 0.2) is 0 Å². The van der Waals surface area contributed by atoms with E-state index in [2.05, 4.69) is 17.1 Å². The lowest BCUT2D eigenvalue weighted by Crippen LogP contribution is -2.30. The SMILES string of the molecule is CCCN1CCc2c(sc(NC(=O)c3ccc(S(=O)(=O)N(C)C4CC4)cc3)c2C(=O)OCC)C1. The third-order valence-corrected chi connectivity index (χ3v) is 9.29. The molecule has 8 nitrogen and oxygen atoms in total. The van der Waals surface area contributed by atoms with E-state index in [1.165, 1.54) is 39.9 Å². The maximum absolute atomic E-state index is 13.0. The van der Waals surface area contributed by atoms with Gasteiger partial charge in [-0.2, -0.15) is 4.31 Å². The van der Waals surface area contributed by atoms with Gasteiger partial charge in [-0.3, -0.25) is 9.69 Å². The van der Waals surface area contributed by atoms with Crippen LogP contribution in [-0.2, 0) is 27.7 Å². The fourth-order valence-corrected chi connectivity index (χ4v) is 6.91. The van der Waals surface area contributed by atoms with Gasteiger partial charge in [0, 0.05) is 36.6 Å². The van der Waals surface area contributed by atoms with E-state index in [4.69, 9.17) is 4.74 Å². The molecular weight excluding hydrogens is 474 g/mol. The molecule has 2 heterocycles. The summed E-state index contributed by atoms with van der Waals surface area (Å²) < 4.78 is 32.1. The third-order valence-electron chi connectivity index (χ3n) is 6.24. The van der Waals surface area contributed by atoms with Crippen LogP contribution in [0.4, 0.5) is 5.00 Å². The fourth-order valence-electron chi connectivity index (χ4n) is 4.22. The Balaban J connectivity index is 1.56. The number of ether oxygens (including phenoxy) is 1. The fraction of sp³-hybridized carbons (Fsp3) is 0.500. The predicted molar refractivity (Wildman–Crippen MR) is 132 cm³/mol. The number of sulfonamides is 1. The quantitative estimate of drug-likeness (QED) is 0.522. The van der Waals surface area contributed by atoms with E-state index in [1.807, 2.05) is 0 Å². The summed E-state index contributed by atoms with van der Waals surface area (Å²) >= 11 is 1.41. The van der Waals surface area contributed by atoms with E-state index in [-0.39, 0.29) is 17.5 Å². The number of anilines is 1. The summed E-state index contributed by atoms with van der Waals surface area (Å²) in [6, 6.07) is 5.98. The highest BCUT2D eigenvalue weighted by Gasteiger charge is 2.35. The molecule has 2 aromatic rings. The minimum absolute atomic E-state index is 0.0624. The normalized spacial score (nSPS) is 16.4. The molecule has 0 spiro atoms. The highest BCUT2D eigenvalue weighted by atomic mass is 32.2. The molecule has 1 amide bonds. The van der Waals surface area contributed by atoms with Crippen molar-refractivity contribution in [1.29, 1.82) is 0 Å². The van der Waals surface area contributed by atoms with Crippen LogP contribution in [0.3, 0.4) is 0 Å². The number of benzene rings is 1. The van der Waals surface area contributed by atoms with Crippen LogP contribution in [0.25, 0.3) is 0 Å². The first-order valence-corrected chi connectivity index (χ1v) is 13.9. The zero-order chi connectivity index (χ0) is 24.5. The van der Waals surface area contributed by atoms with E-state index in [9.17, 15) is 18.0 Å². The summed E-state index contributed by atoms with van der Waals surface area (Å²) in [6.45, 7) is 6.75. The Morgan fingerprint density at radius 2 is 1.91 bits per heavy atom. The molecule has 0 bridgehead atoms. The molecule has 184 valence electrons. The van der Waals surface area contributed by atoms with Gasteiger partial charge in [-0.15, -0.1) is 11.3 Å². The molecule has 1 fully saturated rings. The molecule has 0 atom stereocenters. The number of hydrogen-bond acceptors (Lipinski definition) is 7. The van der Waals surface area contributed by atoms with Crippen LogP contribution in [-0.4, -0.2) is 62.3 Å². The molecule has 1 saturated carbocycles. The first kappa shape index (κ1) is 24.8. The zero-order valence-corrected chi connectivity index (χ0v) is 21.4. The van der Waals surface area contributed by atoms with Crippen LogP contribution < -0.4 is 5.32 Å². The van der Waals surface area contributed by atoms with Crippen LogP contribution in [0.1, 0.15) is 64.3 Å². The van der Waals surface area contributed by atoms with Gasteiger partial charge in [-0.25, -0.2) is 13.2 Å². The molecule has 1 aliphatic heterocycles. The van der Waals surface area contributed by atoms with Crippen LogP contribution in [0.2, 0.25) is 0 Å². The van der Waals surface area contributed by atoms with Crippen molar-refractivity contribution >= 4 is 38.2 Å². The maximum atomic E-state index is 13.0. The van der Waals surface area contributed by atoms with Crippen molar-refractivity contribution in [2.45, 2.75) is 57.0 Å². The first-order chi connectivity index (χ1) is 16.3. The Morgan fingerprint density at radius 1 is 1.21 bits per heavy atom. The van der Waals surface area contributed by atoms with Crippen molar-refractivity contribution in [1.82, 2.24) is 9.21 Å². The van der Waals surface area contributed by atoms with Gasteiger partial charge < -0.3 is 10.1 Å². The molecule has 10 heteroatoms. The highest BCUT2D eigenvalue weighted by molar-refractivity contribution is 7.89. The lowest BCUT2D eigenvalue weighted by molar-refractivity contribution is 0.0526. The number of nitrogens with zero attached hydrogens (tertiary/aromatic N) is 2. The van der Waals surface area contributed by atoms with E-state index in [0.717, 1.165) is 55.8 Å². The Kier molecular flexibility index (Phi) is 7.42. The van der Waals surface area contributed by atoms with Crippen LogP contribution in [0.5, 0.6) is 0 Å². The average molecular weight is 506 g/mol. The molecule has 2 aliphatic rings. The van der Waals surface area contributed by atoms with Gasteiger partial charge in [0.05, 0.1) is 17.1 Å². The Hall–Kier alpha value is -2.27. The number of rotatable bonds is 9. The molecule has 1 aromatic carbocycles. The summed E-state index contributed by atoms with van der Waals surface area (Å²) in [6.07, 6.45) is 3.54. The van der Waals surface area contributed by atoms with Gasteiger partial charge in [0.1, 0.15) is 5.00 Å². The molecule has 1 aliphatic carbocycles. The van der Waals surface area contributed by atoms with Crippen molar-refractivity contribution in [2.75, 3.05) is 32.1 Å². The summed E-state index contributed by atoms with van der Waals surface area (Å²) in [5.74, 6) is -0.821. The van der Waals surface area contributed by atoms with Gasteiger partial charge in [0.2, 0.25) is 10.0 Å². The molecule has 0 saturated heterocycles. The smallest absolute Gasteiger partial charge is 0.341 e. The second-order valence-corrected chi connectivity index (χ2v) is 11.8. The standard InChI is InChI=1S/C24H31N3O5S2/c1-4-13-27-14-12-19-20(15-27)33-23(21(19)24(29)32-5-2)25-22(28)16-6-10-18(11-7-16)34(30,31)26(3)17-8-9-17/h6-7,10-11,17H,4-5,8-9,12-15H2,1-3H3,(H,25,28). The molecule has 0 radical (unpaired) electrons. The minimum atomic E-state index is -3.58. The molecule has 0 unspecified atom stereocenters. The molecular formula is C24H31N3O5S2. The van der Waals surface area contributed by atoms with Crippen molar-refractivity contribution in [2.24, 2.45) is 0 Å². The van der Waals surface area contributed by atoms with Crippen LogP contribution in [0.15, 0.2) is 29.2 Å². The third kappa shape index (κ3) is 5.05. The monoisotopic (exact) mass is 505 g/mol. The lowest BCUT2D eigenvalue weighted by atomic mass is 10.0. The van der Waals surface area contributed by atoms with Gasteiger partial charge >= 0.3 is 5.97 Å². The zero-order valence-electron chi connectivity index (χ0n) is 19.8. The highest BCUT2D eigenvalue weighted by Crippen LogP contribution is 2.38. The second-order valence-electron chi connectivity index (χ2n) is 8.69. The Bertz CT molecular complexity index is 1170. The van der Waals surface area contributed by atoms with E-state index < -0.39 is 21.9 Å². The van der Waals surface area contributed by atoms with Crippen LogP contribution in [0, 0.1) is 0 Å². The van der Waals surface area contributed by atoms with E-state index >= 15 is 0 Å². The molecule has 4 rings (SSSR count). The maximum Gasteiger partial charge on any atom is 0.341 e. The number of hydrogen-bond donors (Lipinski definition) is 1. The summed E-state index contributed by atoms with van der Waals surface area (Å²) in [5.41, 5.74) is 1.72. The summed E-state index contributed by atoms with van der Waals surface area (Å²) in [4.78, 5) is 29.3. The number of esters is 1. The minimum Gasteiger partial charge on any atom is -0.462 e. The predicted octanol–water partition coefficient (Wildman–Crippen LogP) is 3.73. The average Bonchev–Trinajstić information content (AvgIpc) is 3.60. The van der Waals surface area contributed by atoms with E-state index in [1.54, 1.807) is 14.0 Å². The Labute approximate surface area is 204 Å². The molecule has 34 heavy (non-hydrogen) atoms. The number of fused-ring (bicyclic) bond motifs is 1. The lowest BCUT2D eigenvalue weighted by Gasteiger charge is -2.26. The van der Waals surface area contributed by atoms with Gasteiger partial charge in [-0.1, -0.05) is 6.92 Å². The Morgan fingerprint density at radius 3 is 2.53 bits per heavy atom. The largest absolute Gasteiger partial charge is 0.462 e. The summed E-state index contributed by atoms with van der Waals surface area (Å²) in [5, 5.41) is 3.36. The van der Waals surface area contributed by atoms with E-state index in [0.29, 0.717) is 16.1 Å². The first-order valence-electron chi connectivity index (χ1n) is 11.7. The second kappa shape index (κ2) is 10.2. The van der Waals surface area contributed by atoms with Gasteiger partial charge in [-0.05, 0) is 69.0 Å². The number of carbonyl (C=O) groups is 2.